The number of nitrogens with one attached hydrogen (secondary N) is 2. The lowest BCUT2D eigenvalue weighted by Crippen LogP contribution is -2.48. The number of carbonyl (C=O) groups is 3. The molecule has 3 amide bonds. The summed E-state index contributed by atoms with van der Waals surface area (Å²) in [6.45, 7) is 2.84. The smallest absolute Gasteiger partial charge is 0.328 e. The summed E-state index contributed by atoms with van der Waals surface area (Å²) in [5.41, 5.74) is 3.44. The van der Waals surface area contributed by atoms with E-state index in [0.717, 1.165) is 24.2 Å². The van der Waals surface area contributed by atoms with Crippen LogP contribution < -0.4 is 15.5 Å². The van der Waals surface area contributed by atoms with Crippen molar-refractivity contribution in [2.45, 2.75) is 25.9 Å². The number of anilines is 3. The van der Waals surface area contributed by atoms with Crippen molar-refractivity contribution in [2.24, 2.45) is 0 Å². The van der Waals surface area contributed by atoms with Crippen molar-refractivity contribution in [2.75, 3.05) is 48.8 Å². The minimum Gasteiger partial charge on any atom is -0.378 e. The Labute approximate surface area is 229 Å². The van der Waals surface area contributed by atoms with Crippen LogP contribution in [-0.2, 0) is 24.3 Å². The first kappa shape index (κ1) is 26.2. The Hall–Kier alpha value is -4.41. The van der Waals surface area contributed by atoms with E-state index < -0.39 is 6.03 Å². The molecule has 5 heterocycles. The third-order valence-corrected chi connectivity index (χ3v) is 7.31. The first-order chi connectivity index (χ1) is 18.9. The van der Waals surface area contributed by atoms with Gasteiger partial charge in [-0.05, 0) is 49.1 Å². The number of aromatic nitrogens is 3. The maximum absolute atomic E-state index is 13.3. The number of nitrogens with zero attached hydrogens (tertiary/aromatic N) is 7. The van der Waals surface area contributed by atoms with Gasteiger partial charge in [-0.2, -0.15) is 9.64 Å². The van der Waals surface area contributed by atoms with E-state index in [2.05, 4.69) is 31.0 Å². The van der Waals surface area contributed by atoms with Crippen molar-refractivity contribution >= 4 is 47.1 Å². The Bertz CT molecular complexity index is 1440. The molecule has 5 rings (SSSR count). The molecule has 0 spiro atoms. The van der Waals surface area contributed by atoms with Gasteiger partial charge in [-0.1, -0.05) is 0 Å². The molecule has 0 bridgehead atoms. The number of aryl methyl sites for hydroxylation is 1. The summed E-state index contributed by atoms with van der Waals surface area (Å²) in [4.78, 5) is 51.7. The molecule has 2 aliphatic heterocycles. The number of urea groups is 1. The molecule has 1 saturated heterocycles. The van der Waals surface area contributed by atoms with Crippen molar-refractivity contribution in [3.63, 3.8) is 0 Å². The Kier molecular flexibility index (Phi) is 7.76. The molecule has 1 fully saturated rings. The van der Waals surface area contributed by atoms with Crippen LogP contribution in [0, 0.1) is 11.3 Å². The van der Waals surface area contributed by atoms with Crippen LogP contribution in [0.15, 0.2) is 29.8 Å². The fourth-order valence-electron chi connectivity index (χ4n) is 4.63. The molecule has 0 atom stereocenters. The number of likely N-dealkylation sites (N-methyl/N-ethyl adjacent to an activating group) is 1. The van der Waals surface area contributed by atoms with Crippen LogP contribution in [0.4, 0.5) is 22.1 Å². The second-order valence-electron chi connectivity index (χ2n) is 9.44. The monoisotopic (exact) mass is 545 g/mol. The summed E-state index contributed by atoms with van der Waals surface area (Å²) in [7, 11) is 1.90. The number of pyridine rings is 2. The van der Waals surface area contributed by atoms with Gasteiger partial charge in [0.2, 0.25) is 5.91 Å². The zero-order chi connectivity index (χ0) is 27.4. The standard InChI is InChI=1S/C26H27N9O3S/c1-33-6-7-34(24(37)15-33)14-18-9-17-3-2-5-35(25(17)30-22(18)16-36)26(38)31-23-10-21(19(11-27)12-29-23)28-13-20-4-8-39-32-20/h4,8-10,12,16H,2-3,5-7,13-15H2,1H3,(H2,28,29,31,38). The highest BCUT2D eigenvalue weighted by molar-refractivity contribution is 7.03. The summed E-state index contributed by atoms with van der Waals surface area (Å²) in [5.74, 6) is 0.701. The van der Waals surface area contributed by atoms with E-state index in [1.54, 1.807) is 11.0 Å². The van der Waals surface area contributed by atoms with Crippen molar-refractivity contribution < 1.29 is 14.4 Å². The minimum atomic E-state index is -0.440. The molecular weight excluding hydrogens is 518 g/mol. The van der Waals surface area contributed by atoms with Gasteiger partial charge in [-0.25, -0.2) is 14.8 Å². The number of carbonyl (C=O) groups excluding carboxylic acids is 3. The molecule has 0 saturated carbocycles. The predicted octanol–water partition coefficient (Wildman–Crippen LogP) is 2.49. The normalized spacial score (nSPS) is 15.4. The fraction of sp³-hybridized carbons (Fsp3) is 0.346. The van der Waals surface area contributed by atoms with E-state index in [1.807, 2.05) is 29.5 Å². The van der Waals surface area contributed by atoms with Crippen LogP contribution in [0.2, 0.25) is 0 Å². The summed E-state index contributed by atoms with van der Waals surface area (Å²) in [6, 6.07) is 7.04. The molecule has 13 heteroatoms. The molecule has 200 valence electrons. The van der Waals surface area contributed by atoms with E-state index in [1.165, 1.54) is 22.6 Å². The molecule has 0 aromatic carbocycles. The number of rotatable bonds is 7. The second kappa shape index (κ2) is 11.5. The van der Waals surface area contributed by atoms with E-state index in [-0.39, 0.29) is 17.4 Å². The molecule has 0 radical (unpaired) electrons. The van der Waals surface area contributed by atoms with Gasteiger partial charge >= 0.3 is 6.03 Å². The van der Waals surface area contributed by atoms with Crippen LogP contribution in [0.5, 0.6) is 0 Å². The van der Waals surface area contributed by atoms with Crippen molar-refractivity contribution in [3.05, 3.63) is 57.9 Å². The first-order valence-corrected chi connectivity index (χ1v) is 13.3. The summed E-state index contributed by atoms with van der Waals surface area (Å²) in [5, 5.41) is 17.3. The molecule has 0 unspecified atom stereocenters. The van der Waals surface area contributed by atoms with Gasteiger partial charge < -0.3 is 10.2 Å². The van der Waals surface area contributed by atoms with Gasteiger partial charge in [-0.15, -0.1) is 0 Å². The highest BCUT2D eigenvalue weighted by atomic mass is 32.1. The minimum absolute atomic E-state index is 0.00897. The van der Waals surface area contributed by atoms with Gasteiger partial charge in [0.25, 0.3) is 0 Å². The van der Waals surface area contributed by atoms with Gasteiger partial charge in [0.05, 0.1) is 30.0 Å². The summed E-state index contributed by atoms with van der Waals surface area (Å²) >= 11 is 1.34. The molecule has 2 aliphatic rings. The van der Waals surface area contributed by atoms with Crippen LogP contribution in [0.3, 0.4) is 0 Å². The van der Waals surface area contributed by atoms with Crippen LogP contribution in [-0.4, -0.2) is 75.6 Å². The number of amides is 3. The van der Waals surface area contributed by atoms with Crippen molar-refractivity contribution in [3.8, 4) is 6.07 Å². The predicted molar refractivity (Wildman–Crippen MR) is 146 cm³/mol. The lowest BCUT2D eigenvalue weighted by Gasteiger charge is -2.33. The zero-order valence-corrected chi connectivity index (χ0v) is 22.2. The van der Waals surface area contributed by atoms with Crippen LogP contribution in [0.1, 0.15) is 39.3 Å². The Morgan fingerprint density at radius 3 is 2.90 bits per heavy atom. The fourth-order valence-corrected chi connectivity index (χ4v) is 5.17. The highest BCUT2D eigenvalue weighted by Gasteiger charge is 2.28. The maximum Gasteiger partial charge on any atom is 0.328 e. The van der Waals surface area contributed by atoms with Crippen molar-refractivity contribution in [1.29, 1.82) is 5.26 Å². The molecular formula is C26H27N9O3S. The number of piperazine rings is 1. The number of aldehydes is 1. The lowest BCUT2D eigenvalue weighted by molar-refractivity contribution is -0.136. The highest BCUT2D eigenvalue weighted by Crippen LogP contribution is 2.29. The van der Waals surface area contributed by atoms with Crippen molar-refractivity contribution in [1.82, 2.24) is 24.1 Å². The molecule has 3 aromatic heterocycles. The van der Waals surface area contributed by atoms with E-state index in [9.17, 15) is 19.6 Å². The SMILES string of the molecule is CN1CCN(Cc2cc3c(nc2C=O)N(C(=O)Nc2cc(NCc4ccsn4)c(C#N)cn2)CCC3)C(=O)C1. The van der Waals surface area contributed by atoms with Gasteiger partial charge in [0.1, 0.15) is 23.4 Å². The summed E-state index contributed by atoms with van der Waals surface area (Å²) in [6.07, 6.45) is 3.49. The van der Waals surface area contributed by atoms with E-state index >= 15 is 0 Å². The molecule has 12 nitrogen and oxygen atoms in total. The van der Waals surface area contributed by atoms with E-state index in [4.69, 9.17) is 0 Å². The third-order valence-electron chi connectivity index (χ3n) is 6.71. The van der Waals surface area contributed by atoms with Gasteiger partial charge in [-0.3, -0.25) is 24.7 Å². The molecule has 39 heavy (non-hydrogen) atoms. The molecule has 3 aromatic rings. The Balaban J connectivity index is 1.33. The average Bonchev–Trinajstić information content (AvgIpc) is 3.46. The number of hydrogen-bond acceptors (Lipinski definition) is 10. The van der Waals surface area contributed by atoms with Crippen LogP contribution >= 0.6 is 11.5 Å². The van der Waals surface area contributed by atoms with Gasteiger partial charge in [0, 0.05) is 49.4 Å². The topological polar surface area (TPSA) is 147 Å². The van der Waals surface area contributed by atoms with Gasteiger partial charge in [0.15, 0.2) is 6.29 Å². The first-order valence-electron chi connectivity index (χ1n) is 12.5. The quantitative estimate of drug-likeness (QED) is 0.427. The zero-order valence-electron chi connectivity index (χ0n) is 21.4. The Morgan fingerprint density at radius 1 is 1.28 bits per heavy atom. The third kappa shape index (κ3) is 5.87. The Morgan fingerprint density at radius 2 is 2.15 bits per heavy atom. The number of fused-ring (bicyclic) bond motifs is 1. The largest absolute Gasteiger partial charge is 0.378 e. The van der Waals surface area contributed by atoms with E-state index in [0.29, 0.717) is 68.1 Å². The molecule has 0 aliphatic carbocycles. The molecule has 2 N–H and O–H groups in total. The average molecular weight is 546 g/mol. The number of nitriles is 1. The summed E-state index contributed by atoms with van der Waals surface area (Å²) < 4.78 is 4.25. The lowest BCUT2D eigenvalue weighted by atomic mass is 10.0. The second-order valence-corrected chi connectivity index (χ2v) is 10.1. The maximum atomic E-state index is 13.3. The van der Waals surface area contributed by atoms with Crippen LogP contribution in [0.25, 0.3) is 0 Å². The number of hydrogen-bond donors (Lipinski definition) is 2.